The molecule has 2 rings (SSSR count). The van der Waals surface area contributed by atoms with Gasteiger partial charge in [-0.2, -0.15) is 0 Å². The lowest BCUT2D eigenvalue weighted by molar-refractivity contribution is 0.306. The predicted octanol–water partition coefficient (Wildman–Crippen LogP) is 2.26. The number of tetrazole rings is 1. The first-order valence-corrected chi connectivity index (χ1v) is 8.98. The van der Waals surface area contributed by atoms with Crippen molar-refractivity contribution < 1.29 is 9.47 Å². The average Bonchev–Trinajstić information content (AvgIpc) is 2.94. The number of nitrogens with zero attached hydrogens (tertiary/aromatic N) is 4. The van der Waals surface area contributed by atoms with Crippen LogP contribution in [-0.2, 0) is 13.6 Å². The minimum absolute atomic E-state index is 0.597. The number of thioether (sulfide) groups is 1. The highest BCUT2D eigenvalue weighted by atomic mass is 79.9. The van der Waals surface area contributed by atoms with Gasteiger partial charge in [-0.05, 0) is 29.5 Å². The van der Waals surface area contributed by atoms with Crippen molar-refractivity contribution in [3.05, 3.63) is 22.2 Å². The van der Waals surface area contributed by atoms with Crippen LogP contribution in [0.1, 0.15) is 12.5 Å². The number of hydrogen-bond donors (Lipinski definition) is 1. The van der Waals surface area contributed by atoms with E-state index in [-0.39, 0.29) is 0 Å². The molecular formula is C14H20BrN5O2S. The van der Waals surface area contributed by atoms with E-state index in [4.69, 9.17) is 9.47 Å². The molecule has 0 unspecified atom stereocenters. The highest BCUT2D eigenvalue weighted by Gasteiger charge is 2.12. The summed E-state index contributed by atoms with van der Waals surface area (Å²) in [5.41, 5.74) is 1.06. The van der Waals surface area contributed by atoms with Crippen molar-refractivity contribution in [3.8, 4) is 11.5 Å². The minimum atomic E-state index is 0.597. The Bertz CT molecular complexity index is 638. The molecule has 0 saturated carbocycles. The van der Waals surface area contributed by atoms with E-state index < -0.39 is 0 Å². The van der Waals surface area contributed by atoms with Crippen molar-refractivity contribution >= 4 is 27.7 Å². The SMILES string of the molecule is CCOc1c(CNCCSc2nnnn2C)cc(Br)cc1OC. The molecular weight excluding hydrogens is 382 g/mol. The highest BCUT2D eigenvalue weighted by Crippen LogP contribution is 2.34. The molecule has 2 aromatic rings. The summed E-state index contributed by atoms with van der Waals surface area (Å²) in [6.45, 7) is 4.09. The van der Waals surface area contributed by atoms with E-state index in [0.29, 0.717) is 13.2 Å². The molecule has 1 aromatic carbocycles. The molecule has 0 aliphatic rings. The topological polar surface area (TPSA) is 74.1 Å². The molecule has 0 saturated heterocycles. The maximum absolute atomic E-state index is 5.72. The summed E-state index contributed by atoms with van der Waals surface area (Å²) in [5.74, 6) is 2.40. The molecule has 0 spiro atoms. The number of aromatic nitrogens is 4. The quantitative estimate of drug-likeness (QED) is 0.510. The van der Waals surface area contributed by atoms with Crippen LogP contribution in [0, 0.1) is 0 Å². The summed E-state index contributed by atoms with van der Waals surface area (Å²) < 4.78 is 13.8. The molecule has 0 aliphatic carbocycles. The van der Waals surface area contributed by atoms with Gasteiger partial charge in [-0.3, -0.25) is 0 Å². The first-order chi connectivity index (χ1) is 11.2. The van der Waals surface area contributed by atoms with Crippen molar-refractivity contribution in [3.63, 3.8) is 0 Å². The van der Waals surface area contributed by atoms with Gasteiger partial charge in [0.05, 0.1) is 13.7 Å². The van der Waals surface area contributed by atoms with Gasteiger partial charge in [-0.25, -0.2) is 4.68 Å². The van der Waals surface area contributed by atoms with Crippen molar-refractivity contribution in [2.24, 2.45) is 7.05 Å². The summed E-state index contributed by atoms with van der Waals surface area (Å²) in [6, 6.07) is 3.95. The summed E-state index contributed by atoms with van der Waals surface area (Å²) in [7, 11) is 3.48. The smallest absolute Gasteiger partial charge is 0.209 e. The third-order valence-corrected chi connectivity index (χ3v) is 4.48. The molecule has 0 fully saturated rings. The number of aryl methyl sites for hydroxylation is 1. The maximum atomic E-state index is 5.72. The zero-order valence-electron chi connectivity index (χ0n) is 13.4. The van der Waals surface area contributed by atoms with Crippen molar-refractivity contribution in [1.82, 2.24) is 25.5 Å². The van der Waals surface area contributed by atoms with Crippen LogP contribution in [0.15, 0.2) is 21.8 Å². The minimum Gasteiger partial charge on any atom is -0.493 e. The van der Waals surface area contributed by atoms with Crippen LogP contribution >= 0.6 is 27.7 Å². The van der Waals surface area contributed by atoms with E-state index in [1.54, 1.807) is 23.6 Å². The molecule has 0 amide bonds. The van der Waals surface area contributed by atoms with E-state index in [1.807, 2.05) is 26.1 Å². The Morgan fingerprint density at radius 2 is 2.22 bits per heavy atom. The standard InChI is InChI=1S/C14H20BrN5O2S/c1-4-22-13-10(7-11(15)8-12(13)21-3)9-16-5-6-23-14-17-18-19-20(14)2/h7-8,16H,4-6,9H2,1-3H3. The lowest BCUT2D eigenvalue weighted by atomic mass is 10.2. The predicted molar refractivity (Wildman–Crippen MR) is 93.1 cm³/mol. The largest absolute Gasteiger partial charge is 0.493 e. The number of ether oxygens (including phenoxy) is 2. The van der Waals surface area contributed by atoms with Gasteiger partial charge in [0.2, 0.25) is 5.16 Å². The van der Waals surface area contributed by atoms with Crippen LogP contribution in [0.25, 0.3) is 0 Å². The zero-order chi connectivity index (χ0) is 16.7. The Labute approximate surface area is 148 Å². The first-order valence-electron chi connectivity index (χ1n) is 7.20. The molecule has 1 aromatic heterocycles. The van der Waals surface area contributed by atoms with Gasteiger partial charge in [0, 0.05) is 35.9 Å². The lowest BCUT2D eigenvalue weighted by Crippen LogP contribution is -2.17. The van der Waals surface area contributed by atoms with Crippen LogP contribution in [0.5, 0.6) is 11.5 Å². The molecule has 0 aliphatic heterocycles. The molecule has 1 heterocycles. The van der Waals surface area contributed by atoms with Crippen LogP contribution in [-0.4, -0.2) is 46.2 Å². The highest BCUT2D eigenvalue weighted by molar-refractivity contribution is 9.10. The second kappa shape index (κ2) is 9.09. The second-order valence-electron chi connectivity index (χ2n) is 4.64. The molecule has 0 atom stereocenters. The molecule has 23 heavy (non-hydrogen) atoms. The Balaban J connectivity index is 1.89. The Hall–Kier alpha value is -1.32. The normalized spacial score (nSPS) is 10.8. The van der Waals surface area contributed by atoms with Gasteiger partial charge in [-0.15, -0.1) is 5.10 Å². The fourth-order valence-electron chi connectivity index (χ4n) is 1.99. The van der Waals surface area contributed by atoms with Crippen LogP contribution in [0.3, 0.4) is 0 Å². The number of hydrogen-bond acceptors (Lipinski definition) is 7. The number of benzene rings is 1. The Morgan fingerprint density at radius 3 is 2.87 bits per heavy atom. The van der Waals surface area contributed by atoms with E-state index in [0.717, 1.165) is 39.0 Å². The number of rotatable bonds is 9. The fourth-order valence-corrected chi connectivity index (χ4v) is 3.23. The number of methoxy groups -OCH3 is 1. The summed E-state index contributed by atoms with van der Waals surface area (Å²) in [6.07, 6.45) is 0. The van der Waals surface area contributed by atoms with Gasteiger partial charge in [0.1, 0.15) is 0 Å². The molecule has 0 bridgehead atoms. The molecule has 7 nitrogen and oxygen atoms in total. The van der Waals surface area contributed by atoms with Crippen molar-refractivity contribution in [1.29, 1.82) is 0 Å². The third kappa shape index (κ3) is 5.08. The van der Waals surface area contributed by atoms with E-state index in [9.17, 15) is 0 Å². The monoisotopic (exact) mass is 401 g/mol. The van der Waals surface area contributed by atoms with Gasteiger partial charge in [-0.1, -0.05) is 27.7 Å². The molecule has 0 radical (unpaired) electrons. The van der Waals surface area contributed by atoms with Gasteiger partial charge in [0.15, 0.2) is 11.5 Å². The molecule has 1 N–H and O–H groups in total. The van der Waals surface area contributed by atoms with Gasteiger partial charge >= 0.3 is 0 Å². The van der Waals surface area contributed by atoms with Crippen LogP contribution in [0.2, 0.25) is 0 Å². The Morgan fingerprint density at radius 1 is 1.39 bits per heavy atom. The van der Waals surface area contributed by atoms with Crippen molar-refractivity contribution in [2.75, 3.05) is 26.0 Å². The van der Waals surface area contributed by atoms with E-state index >= 15 is 0 Å². The molecule has 9 heteroatoms. The van der Waals surface area contributed by atoms with Crippen LogP contribution in [0.4, 0.5) is 0 Å². The van der Waals surface area contributed by atoms with E-state index in [2.05, 4.69) is 36.8 Å². The van der Waals surface area contributed by atoms with Gasteiger partial charge < -0.3 is 14.8 Å². The average molecular weight is 402 g/mol. The lowest BCUT2D eigenvalue weighted by Gasteiger charge is -2.15. The second-order valence-corrected chi connectivity index (χ2v) is 6.62. The summed E-state index contributed by atoms with van der Waals surface area (Å²) in [5, 5.41) is 15.6. The summed E-state index contributed by atoms with van der Waals surface area (Å²) >= 11 is 5.12. The third-order valence-electron chi connectivity index (χ3n) is 3.01. The van der Waals surface area contributed by atoms with Gasteiger partial charge in [0.25, 0.3) is 0 Å². The van der Waals surface area contributed by atoms with Crippen molar-refractivity contribution in [2.45, 2.75) is 18.6 Å². The van der Waals surface area contributed by atoms with Crippen LogP contribution < -0.4 is 14.8 Å². The Kier molecular flexibility index (Phi) is 7.13. The first kappa shape index (κ1) is 18.0. The fraction of sp³-hybridized carbons (Fsp3) is 0.500. The molecule has 126 valence electrons. The zero-order valence-corrected chi connectivity index (χ0v) is 15.8. The summed E-state index contributed by atoms with van der Waals surface area (Å²) in [4.78, 5) is 0. The van der Waals surface area contributed by atoms with E-state index in [1.165, 1.54) is 0 Å². The number of halogens is 1. The maximum Gasteiger partial charge on any atom is 0.209 e. The number of nitrogens with one attached hydrogen (secondary N) is 1.